The number of aryl methyl sites for hydroxylation is 1. The third-order valence-electron chi connectivity index (χ3n) is 4.16. The molecule has 178 valence electrons. The Morgan fingerprint density at radius 3 is 2.45 bits per heavy atom. The molecule has 0 aliphatic heterocycles. The molecule has 0 radical (unpaired) electrons. The van der Waals surface area contributed by atoms with Crippen molar-refractivity contribution in [2.45, 2.75) is 38.2 Å². The van der Waals surface area contributed by atoms with Crippen LogP contribution in [-0.2, 0) is 24.3 Å². The number of nitrogens with one attached hydrogen (secondary N) is 1. The van der Waals surface area contributed by atoms with E-state index in [1.54, 1.807) is 45.0 Å². The van der Waals surface area contributed by atoms with Crippen molar-refractivity contribution in [3.05, 3.63) is 58.1 Å². The van der Waals surface area contributed by atoms with Gasteiger partial charge in [-0.25, -0.2) is 17.9 Å². The summed E-state index contributed by atoms with van der Waals surface area (Å²) in [5, 5.41) is 0.444. The Hall–Kier alpha value is -2.57. The second kappa shape index (κ2) is 11.5. The number of methoxy groups -OCH3 is 1. The lowest BCUT2D eigenvalue weighted by Crippen LogP contribution is -2.27. The van der Waals surface area contributed by atoms with Crippen LogP contribution < -0.4 is 9.46 Å². The Kier molecular flexibility index (Phi) is 9.32. The van der Waals surface area contributed by atoms with E-state index in [2.05, 4.69) is 16.6 Å². The van der Waals surface area contributed by atoms with E-state index in [0.717, 1.165) is 5.56 Å². The van der Waals surface area contributed by atoms with Crippen LogP contribution in [0.15, 0.2) is 41.3 Å². The molecule has 0 bridgehead atoms. The van der Waals surface area contributed by atoms with Crippen LogP contribution in [0, 0.1) is 18.8 Å². The molecule has 0 spiro atoms. The summed E-state index contributed by atoms with van der Waals surface area (Å²) in [5.41, 5.74) is 1.17. The first-order valence-corrected chi connectivity index (χ1v) is 12.0. The molecule has 9 heteroatoms. The van der Waals surface area contributed by atoms with Gasteiger partial charge in [0.2, 0.25) is 10.0 Å². The monoisotopic (exact) mass is 493 g/mol. The number of hydrogen-bond acceptors (Lipinski definition) is 6. The maximum Gasteiger partial charge on any atom is 0.344 e. The van der Waals surface area contributed by atoms with Crippen molar-refractivity contribution in [2.24, 2.45) is 0 Å². The smallest absolute Gasteiger partial charge is 0.344 e. The van der Waals surface area contributed by atoms with E-state index in [-0.39, 0.29) is 24.7 Å². The number of benzene rings is 2. The fourth-order valence-corrected chi connectivity index (χ4v) is 3.84. The topological polar surface area (TPSA) is 90.9 Å². The minimum Gasteiger partial charge on any atom is -0.481 e. The minimum atomic E-state index is -3.70. The number of ether oxygens (including phenoxy) is 3. The molecule has 0 aromatic heterocycles. The third kappa shape index (κ3) is 8.71. The van der Waals surface area contributed by atoms with Crippen molar-refractivity contribution < 1.29 is 27.4 Å². The molecule has 0 fully saturated rings. The summed E-state index contributed by atoms with van der Waals surface area (Å²) in [6.07, 6.45) is 0. The van der Waals surface area contributed by atoms with Gasteiger partial charge < -0.3 is 14.2 Å². The number of halogens is 1. The normalized spacial score (nSPS) is 11.5. The second-order valence-electron chi connectivity index (χ2n) is 8.13. The van der Waals surface area contributed by atoms with Crippen LogP contribution >= 0.6 is 11.6 Å². The quantitative estimate of drug-likeness (QED) is 0.342. The SMILES string of the molecule is COCCNS(=O)(=O)c1ccc(C)c(C#Cc2cc(Cl)ccc2OCC(=O)OC(C)(C)C)c1. The fourth-order valence-electron chi connectivity index (χ4n) is 2.63. The zero-order valence-electron chi connectivity index (χ0n) is 19.3. The number of sulfonamides is 1. The highest BCUT2D eigenvalue weighted by Gasteiger charge is 2.17. The molecule has 1 N–H and O–H groups in total. The average molecular weight is 494 g/mol. The number of carbonyl (C=O) groups excluding carboxylic acids is 1. The zero-order valence-corrected chi connectivity index (χ0v) is 20.9. The van der Waals surface area contributed by atoms with E-state index in [0.29, 0.717) is 21.9 Å². The van der Waals surface area contributed by atoms with Gasteiger partial charge in [0.05, 0.1) is 17.1 Å². The molecule has 33 heavy (non-hydrogen) atoms. The van der Waals surface area contributed by atoms with Crippen LogP contribution in [0.1, 0.15) is 37.5 Å². The van der Waals surface area contributed by atoms with E-state index < -0.39 is 21.6 Å². The second-order valence-corrected chi connectivity index (χ2v) is 10.3. The molecule has 0 unspecified atom stereocenters. The summed E-state index contributed by atoms with van der Waals surface area (Å²) >= 11 is 6.11. The third-order valence-corrected chi connectivity index (χ3v) is 5.85. The van der Waals surface area contributed by atoms with Gasteiger partial charge in [0.1, 0.15) is 11.4 Å². The van der Waals surface area contributed by atoms with E-state index in [9.17, 15) is 13.2 Å². The van der Waals surface area contributed by atoms with Crippen LogP contribution in [0.25, 0.3) is 0 Å². The van der Waals surface area contributed by atoms with Gasteiger partial charge in [0, 0.05) is 24.2 Å². The van der Waals surface area contributed by atoms with Gasteiger partial charge in [-0.15, -0.1) is 0 Å². The van der Waals surface area contributed by atoms with Gasteiger partial charge in [-0.3, -0.25) is 0 Å². The maximum absolute atomic E-state index is 12.5. The lowest BCUT2D eigenvalue weighted by Gasteiger charge is -2.19. The molecule has 0 atom stereocenters. The van der Waals surface area contributed by atoms with Gasteiger partial charge >= 0.3 is 5.97 Å². The minimum absolute atomic E-state index is 0.0981. The lowest BCUT2D eigenvalue weighted by molar-refractivity contribution is -0.157. The molecule has 0 amide bonds. The highest BCUT2D eigenvalue weighted by molar-refractivity contribution is 7.89. The van der Waals surface area contributed by atoms with Crippen LogP contribution in [0.4, 0.5) is 0 Å². The maximum atomic E-state index is 12.5. The Balaban J connectivity index is 2.29. The number of rotatable bonds is 8. The summed E-state index contributed by atoms with van der Waals surface area (Å²) < 4.78 is 43.2. The largest absolute Gasteiger partial charge is 0.481 e. The predicted molar refractivity (Wildman–Crippen MR) is 127 cm³/mol. The summed E-state index contributed by atoms with van der Waals surface area (Å²) in [5.74, 6) is 5.80. The molecule has 0 aliphatic carbocycles. The molecular formula is C24H28ClNO6S. The van der Waals surface area contributed by atoms with Gasteiger partial charge in [-0.05, 0) is 63.6 Å². The van der Waals surface area contributed by atoms with Crippen molar-refractivity contribution in [2.75, 3.05) is 26.9 Å². The fraction of sp³-hybridized carbons (Fsp3) is 0.375. The molecule has 7 nitrogen and oxygen atoms in total. The van der Waals surface area contributed by atoms with E-state index >= 15 is 0 Å². The first-order chi connectivity index (χ1) is 15.4. The van der Waals surface area contributed by atoms with Crippen LogP contribution in [-0.4, -0.2) is 46.9 Å². The van der Waals surface area contributed by atoms with Crippen LogP contribution in [0.3, 0.4) is 0 Å². The summed E-state index contributed by atoms with van der Waals surface area (Å²) in [7, 11) is -2.20. The molecule has 0 aliphatic rings. The van der Waals surface area contributed by atoms with Crippen molar-refractivity contribution in [3.63, 3.8) is 0 Å². The molecule has 2 aromatic rings. The lowest BCUT2D eigenvalue weighted by atomic mass is 10.1. The summed E-state index contributed by atoms with van der Waals surface area (Å²) in [4.78, 5) is 12.1. The Labute approximate surface area is 200 Å². The highest BCUT2D eigenvalue weighted by atomic mass is 35.5. The zero-order chi connectivity index (χ0) is 24.6. The van der Waals surface area contributed by atoms with Crippen molar-refractivity contribution >= 4 is 27.6 Å². The molecule has 2 aromatic carbocycles. The Bertz CT molecular complexity index is 1160. The van der Waals surface area contributed by atoms with E-state index in [1.165, 1.54) is 19.2 Å². The van der Waals surface area contributed by atoms with Crippen LogP contribution in [0.2, 0.25) is 5.02 Å². The molecular weight excluding hydrogens is 466 g/mol. The van der Waals surface area contributed by atoms with Crippen molar-refractivity contribution in [3.8, 4) is 17.6 Å². The van der Waals surface area contributed by atoms with Crippen molar-refractivity contribution in [1.29, 1.82) is 0 Å². The number of carbonyl (C=O) groups is 1. The van der Waals surface area contributed by atoms with Gasteiger partial charge in [-0.1, -0.05) is 29.5 Å². The standard InChI is InChI=1S/C24H28ClNO6S/c1-17-6-10-21(33(28,29)26-12-13-30-5)15-18(17)7-8-19-14-20(25)9-11-22(19)31-16-23(27)32-24(2,3)4/h6,9-11,14-15,26H,12-13,16H2,1-5H3. The molecule has 0 saturated heterocycles. The summed E-state index contributed by atoms with van der Waals surface area (Å²) in [6.45, 7) is 7.28. The molecule has 0 saturated carbocycles. The van der Waals surface area contributed by atoms with E-state index in [4.69, 9.17) is 25.8 Å². The number of esters is 1. The van der Waals surface area contributed by atoms with E-state index in [1.807, 2.05) is 6.92 Å². The van der Waals surface area contributed by atoms with Gasteiger partial charge in [-0.2, -0.15) is 0 Å². The predicted octanol–water partition coefficient (Wildman–Crippen LogP) is 3.69. The Morgan fingerprint density at radius 2 is 1.79 bits per heavy atom. The average Bonchev–Trinajstić information content (AvgIpc) is 2.71. The number of hydrogen-bond donors (Lipinski definition) is 1. The van der Waals surface area contributed by atoms with Crippen LogP contribution in [0.5, 0.6) is 5.75 Å². The Morgan fingerprint density at radius 1 is 1.09 bits per heavy atom. The first-order valence-electron chi connectivity index (χ1n) is 10.2. The highest BCUT2D eigenvalue weighted by Crippen LogP contribution is 2.23. The van der Waals surface area contributed by atoms with Gasteiger partial charge in [0.25, 0.3) is 0 Å². The van der Waals surface area contributed by atoms with Crippen molar-refractivity contribution in [1.82, 2.24) is 4.72 Å². The van der Waals surface area contributed by atoms with Gasteiger partial charge in [0.15, 0.2) is 6.61 Å². The first kappa shape index (κ1) is 26.7. The molecule has 2 rings (SSSR count). The summed E-state index contributed by atoms with van der Waals surface area (Å²) in [6, 6.07) is 9.56. The molecule has 0 heterocycles.